The lowest BCUT2D eigenvalue weighted by molar-refractivity contribution is 0.0786. The van der Waals surface area contributed by atoms with E-state index >= 15 is 0 Å². The Labute approximate surface area is 126 Å². The summed E-state index contributed by atoms with van der Waals surface area (Å²) in [5.74, 6) is -0.431. The second-order valence-corrected chi connectivity index (χ2v) is 5.69. The predicted molar refractivity (Wildman–Crippen MR) is 76.8 cm³/mol. The Bertz CT molecular complexity index is 625. The van der Waals surface area contributed by atoms with Crippen molar-refractivity contribution in [2.75, 3.05) is 13.1 Å². The quantitative estimate of drug-likeness (QED) is 0.942. The highest BCUT2D eigenvalue weighted by Crippen LogP contribution is 2.18. The number of likely N-dealkylation sites (tertiary alicyclic amines) is 1. The molecule has 0 atom stereocenters. The van der Waals surface area contributed by atoms with E-state index in [0.717, 1.165) is 31.6 Å². The number of aliphatic hydroxyl groups excluding tert-OH is 1. The lowest BCUT2D eigenvalue weighted by atomic mass is 10.1. The summed E-state index contributed by atoms with van der Waals surface area (Å²) in [6, 6.07) is 4.45. The van der Waals surface area contributed by atoms with E-state index in [0.29, 0.717) is 17.3 Å². The van der Waals surface area contributed by atoms with Crippen LogP contribution in [0.2, 0.25) is 5.02 Å². The molecule has 0 aliphatic carbocycles. The standard InChI is InChI=1S/C14H16ClFN4O/c15-10-1-2-14(13(16)7-10)20-9-11(17-18-20)8-19-5-3-12(21)4-6-19/h1-2,7,9,12,21H,3-6,8H2. The van der Waals surface area contributed by atoms with Crippen LogP contribution in [0.3, 0.4) is 0 Å². The molecule has 2 aromatic rings. The number of rotatable bonds is 3. The van der Waals surface area contributed by atoms with Gasteiger partial charge in [0, 0.05) is 24.7 Å². The fourth-order valence-electron chi connectivity index (χ4n) is 2.46. The number of aliphatic hydroxyl groups is 1. The Morgan fingerprint density at radius 1 is 1.33 bits per heavy atom. The fourth-order valence-corrected chi connectivity index (χ4v) is 2.62. The third kappa shape index (κ3) is 3.40. The van der Waals surface area contributed by atoms with E-state index in [1.165, 1.54) is 10.7 Å². The highest BCUT2D eigenvalue weighted by molar-refractivity contribution is 6.30. The number of aromatic nitrogens is 3. The minimum Gasteiger partial charge on any atom is -0.393 e. The molecule has 3 rings (SSSR count). The zero-order valence-corrected chi connectivity index (χ0v) is 12.2. The summed E-state index contributed by atoms with van der Waals surface area (Å²) in [5, 5.41) is 17.9. The van der Waals surface area contributed by atoms with Gasteiger partial charge in [0.15, 0.2) is 0 Å². The number of piperidine rings is 1. The van der Waals surface area contributed by atoms with Crippen LogP contribution in [0, 0.1) is 5.82 Å². The highest BCUT2D eigenvalue weighted by atomic mass is 35.5. The van der Waals surface area contributed by atoms with Gasteiger partial charge in [0.1, 0.15) is 11.5 Å². The topological polar surface area (TPSA) is 54.2 Å². The van der Waals surface area contributed by atoms with Crippen LogP contribution in [0.5, 0.6) is 0 Å². The molecule has 1 aliphatic heterocycles. The van der Waals surface area contributed by atoms with Gasteiger partial charge in [0.2, 0.25) is 0 Å². The van der Waals surface area contributed by atoms with E-state index in [9.17, 15) is 9.50 Å². The first-order chi connectivity index (χ1) is 10.1. The van der Waals surface area contributed by atoms with Crippen LogP contribution in [-0.2, 0) is 6.54 Å². The zero-order chi connectivity index (χ0) is 14.8. The highest BCUT2D eigenvalue weighted by Gasteiger charge is 2.18. The minimum atomic E-state index is -0.431. The van der Waals surface area contributed by atoms with Gasteiger partial charge in [0.25, 0.3) is 0 Å². The van der Waals surface area contributed by atoms with Crippen molar-refractivity contribution in [2.24, 2.45) is 0 Å². The molecule has 1 fully saturated rings. The van der Waals surface area contributed by atoms with Gasteiger partial charge >= 0.3 is 0 Å². The summed E-state index contributed by atoms with van der Waals surface area (Å²) in [6.45, 7) is 2.33. The van der Waals surface area contributed by atoms with Gasteiger partial charge in [-0.3, -0.25) is 4.90 Å². The summed E-state index contributed by atoms with van der Waals surface area (Å²) >= 11 is 5.74. The Balaban J connectivity index is 1.71. The van der Waals surface area contributed by atoms with Gasteiger partial charge in [-0.05, 0) is 31.0 Å². The molecule has 1 aromatic heterocycles. The second kappa shape index (κ2) is 6.09. The second-order valence-electron chi connectivity index (χ2n) is 5.26. The number of hydrogen-bond acceptors (Lipinski definition) is 4. The van der Waals surface area contributed by atoms with Crippen molar-refractivity contribution in [1.82, 2.24) is 19.9 Å². The van der Waals surface area contributed by atoms with Gasteiger partial charge in [-0.1, -0.05) is 16.8 Å². The van der Waals surface area contributed by atoms with Crippen LogP contribution >= 0.6 is 11.6 Å². The van der Waals surface area contributed by atoms with Gasteiger partial charge in [-0.15, -0.1) is 5.10 Å². The molecule has 1 saturated heterocycles. The average molecular weight is 311 g/mol. The summed E-state index contributed by atoms with van der Waals surface area (Å²) in [4.78, 5) is 2.21. The van der Waals surface area contributed by atoms with Crippen LogP contribution in [0.25, 0.3) is 5.69 Å². The SMILES string of the molecule is OC1CCN(Cc2cn(-c3ccc(Cl)cc3F)nn2)CC1. The van der Waals surface area contributed by atoms with E-state index in [4.69, 9.17) is 11.6 Å². The Morgan fingerprint density at radius 3 is 2.81 bits per heavy atom. The average Bonchev–Trinajstić information content (AvgIpc) is 2.90. The molecule has 0 bridgehead atoms. The molecule has 0 radical (unpaired) electrons. The number of hydrogen-bond donors (Lipinski definition) is 1. The van der Waals surface area contributed by atoms with Crippen molar-refractivity contribution >= 4 is 11.6 Å². The van der Waals surface area contributed by atoms with Crippen LogP contribution < -0.4 is 0 Å². The Hall–Kier alpha value is -1.50. The molecule has 1 N–H and O–H groups in total. The van der Waals surface area contributed by atoms with Gasteiger partial charge in [-0.2, -0.15) is 0 Å². The predicted octanol–water partition coefficient (Wildman–Crippen LogP) is 2.02. The smallest absolute Gasteiger partial charge is 0.150 e. The maximum Gasteiger partial charge on any atom is 0.150 e. The molecule has 112 valence electrons. The molecule has 5 nitrogen and oxygen atoms in total. The Kier molecular flexibility index (Phi) is 4.19. The Morgan fingerprint density at radius 2 is 2.10 bits per heavy atom. The van der Waals surface area contributed by atoms with Crippen molar-refractivity contribution in [1.29, 1.82) is 0 Å². The van der Waals surface area contributed by atoms with Crippen molar-refractivity contribution in [3.05, 3.63) is 40.9 Å². The van der Waals surface area contributed by atoms with E-state index in [1.807, 2.05) is 0 Å². The van der Waals surface area contributed by atoms with Crippen molar-refractivity contribution < 1.29 is 9.50 Å². The third-order valence-corrected chi connectivity index (χ3v) is 3.88. The first-order valence-electron chi connectivity index (χ1n) is 6.89. The van der Waals surface area contributed by atoms with Crippen molar-refractivity contribution in [3.8, 4) is 5.69 Å². The molecule has 1 aromatic carbocycles. The largest absolute Gasteiger partial charge is 0.393 e. The maximum absolute atomic E-state index is 13.8. The van der Waals surface area contributed by atoms with E-state index in [2.05, 4.69) is 15.2 Å². The van der Waals surface area contributed by atoms with Gasteiger partial charge < -0.3 is 5.11 Å². The summed E-state index contributed by atoms with van der Waals surface area (Å²) < 4.78 is 15.3. The van der Waals surface area contributed by atoms with Crippen LogP contribution in [-0.4, -0.2) is 44.2 Å². The molecule has 0 saturated carbocycles. The minimum absolute atomic E-state index is 0.194. The first-order valence-corrected chi connectivity index (χ1v) is 7.26. The van der Waals surface area contributed by atoms with Crippen LogP contribution in [0.4, 0.5) is 4.39 Å². The summed E-state index contributed by atoms with van der Waals surface area (Å²) in [6.07, 6.45) is 3.08. The van der Waals surface area contributed by atoms with Crippen LogP contribution in [0.15, 0.2) is 24.4 Å². The molecule has 2 heterocycles. The first kappa shape index (κ1) is 14.4. The van der Waals surface area contributed by atoms with Gasteiger partial charge in [0.05, 0.1) is 18.0 Å². The maximum atomic E-state index is 13.8. The van der Waals surface area contributed by atoms with Crippen molar-refractivity contribution in [3.63, 3.8) is 0 Å². The normalized spacial score (nSPS) is 17.3. The molecule has 0 amide bonds. The summed E-state index contributed by atoms with van der Waals surface area (Å²) in [5.41, 5.74) is 1.10. The van der Waals surface area contributed by atoms with Gasteiger partial charge in [-0.25, -0.2) is 9.07 Å². The van der Waals surface area contributed by atoms with E-state index < -0.39 is 5.82 Å². The number of benzene rings is 1. The molecule has 0 spiro atoms. The molecule has 0 unspecified atom stereocenters. The van der Waals surface area contributed by atoms with E-state index in [-0.39, 0.29) is 6.10 Å². The molecular formula is C14H16ClFN4O. The van der Waals surface area contributed by atoms with Crippen molar-refractivity contribution in [2.45, 2.75) is 25.5 Å². The monoisotopic (exact) mass is 310 g/mol. The van der Waals surface area contributed by atoms with E-state index in [1.54, 1.807) is 18.3 Å². The lowest BCUT2D eigenvalue weighted by Gasteiger charge is -2.28. The third-order valence-electron chi connectivity index (χ3n) is 3.64. The number of nitrogens with zero attached hydrogens (tertiary/aromatic N) is 4. The number of halogens is 2. The molecule has 1 aliphatic rings. The molecular weight excluding hydrogens is 295 g/mol. The fraction of sp³-hybridized carbons (Fsp3) is 0.429. The lowest BCUT2D eigenvalue weighted by Crippen LogP contribution is -2.35. The molecule has 21 heavy (non-hydrogen) atoms. The molecule has 7 heteroatoms. The zero-order valence-electron chi connectivity index (χ0n) is 11.4. The summed E-state index contributed by atoms with van der Waals surface area (Å²) in [7, 11) is 0. The van der Waals surface area contributed by atoms with Crippen LogP contribution in [0.1, 0.15) is 18.5 Å².